The van der Waals surface area contributed by atoms with E-state index in [1.807, 2.05) is 53.0 Å². The summed E-state index contributed by atoms with van der Waals surface area (Å²) in [7, 11) is 4.73. The Kier molecular flexibility index (Phi) is 4.44. The summed E-state index contributed by atoms with van der Waals surface area (Å²) in [5, 5.41) is 0. The first-order valence-corrected chi connectivity index (χ1v) is 8.53. The number of nitrogens with zero attached hydrogens (tertiary/aromatic N) is 4. The molecule has 0 amide bonds. The number of fused-ring (bicyclic) bond motifs is 3. The zero-order valence-electron chi connectivity index (χ0n) is 15.7. The van der Waals surface area contributed by atoms with Gasteiger partial charge in [0.1, 0.15) is 5.82 Å². The molecule has 0 aliphatic carbocycles. The highest BCUT2D eigenvalue weighted by Gasteiger charge is 2.13. The molecule has 4 aromatic rings. The maximum atomic E-state index is 5.88. The van der Waals surface area contributed by atoms with Crippen LogP contribution in [0.1, 0.15) is 11.4 Å². The molecule has 0 radical (unpaired) electrons. The zero-order chi connectivity index (χ0) is 19.7. The molecule has 28 heavy (non-hydrogen) atoms. The van der Waals surface area contributed by atoms with E-state index in [4.69, 9.17) is 19.9 Å². The molecule has 0 unspecified atom stereocenters. The highest BCUT2D eigenvalue weighted by molar-refractivity contribution is 5.82. The largest absolute Gasteiger partial charge is 0.493 e. The maximum Gasteiger partial charge on any atom is 0.239 e. The summed E-state index contributed by atoms with van der Waals surface area (Å²) in [5.41, 5.74) is 8.46. The molecule has 2 N–H and O–H groups in total. The lowest BCUT2D eigenvalue weighted by Gasteiger charge is -2.12. The second-order valence-corrected chi connectivity index (χ2v) is 5.97. The molecule has 0 saturated heterocycles. The monoisotopic (exact) mass is 377 g/mol. The van der Waals surface area contributed by atoms with Crippen molar-refractivity contribution in [1.82, 2.24) is 19.4 Å². The third kappa shape index (κ3) is 2.94. The van der Waals surface area contributed by atoms with Crippen LogP contribution in [0.2, 0.25) is 0 Å². The molecule has 0 bridgehead atoms. The Balaban J connectivity index is 1.85. The fourth-order valence-electron chi connectivity index (χ4n) is 3.09. The lowest BCUT2D eigenvalue weighted by Crippen LogP contribution is -2.03. The van der Waals surface area contributed by atoms with Crippen LogP contribution in [0.3, 0.4) is 0 Å². The Bertz CT molecular complexity index is 1170. The number of ether oxygens (including phenoxy) is 3. The van der Waals surface area contributed by atoms with Crippen molar-refractivity contribution in [3.8, 4) is 17.2 Å². The number of hydrogen-bond donors (Lipinski definition) is 1. The number of rotatable bonds is 5. The van der Waals surface area contributed by atoms with E-state index in [0.29, 0.717) is 28.9 Å². The van der Waals surface area contributed by atoms with Crippen LogP contribution < -0.4 is 19.9 Å². The van der Waals surface area contributed by atoms with Gasteiger partial charge in [0.2, 0.25) is 17.5 Å². The lowest BCUT2D eigenvalue weighted by molar-refractivity contribution is 0.324. The van der Waals surface area contributed by atoms with Gasteiger partial charge in [-0.3, -0.25) is 4.40 Å². The van der Waals surface area contributed by atoms with Crippen molar-refractivity contribution in [3.63, 3.8) is 0 Å². The van der Waals surface area contributed by atoms with E-state index in [1.165, 1.54) is 0 Å². The zero-order valence-corrected chi connectivity index (χ0v) is 15.7. The second-order valence-electron chi connectivity index (χ2n) is 5.97. The van der Waals surface area contributed by atoms with Crippen LogP contribution in [-0.4, -0.2) is 40.7 Å². The lowest BCUT2D eigenvalue weighted by atomic mass is 10.1. The molecule has 0 spiro atoms. The van der Waals surface area contributed by atoms with Gasteiger partial charge in [-0.1, -0.05) is 18.2 Å². The van der Waals surface area contributed by atoms with E-state index < -0.39 is 0 Å². The van der Waals surface area contributed by atoms with Crippen molar-refractivity contribution in [2.75, 3.05) is 27.1 Å². The van der Waals surface area contributed by atoms with Gasteiger partial charge in [0, 0.05) is 0 Å². The summed E-state index contributed by atoms with van der Waals surface area (Å²) in [5.74, 6) is 2.95. The molecule has 2 aromatic heterocycles. The third-order valence-corrected chi connectivity index (χ3v) is 4.33. The van der Waals surface area contributed by atoms with Crippen molar-refractivity contribution < 1.29 is 14.2 Å². The van der Waals surface area contributed by atoms with Gasteiger partial charge in [0.25, 0.3) is 0 Å². The number of nitrogens with two attached hydrogens (primary N) is 1. The van der Waals surface area contributed by atoms with E-state index in [0.717, 1.165) is 16.6 Å². The van der Waals surface area contributed by atoms with Crippen LogP contribution in [0.4, 0.5) is 5.95 Å². The SMILES string of the molecule is COc1cc(/C=C/c2nc(N)nc3nc4ccccc4n23)cc(OC)c1OC. The average Bonchev–Trinajstić information content (AvgIpc) is 3.09. The molecule has 4 rings (SSSR count). The molecule has 8 nitrogen and oxygen atoms in total. The maximum absolute atomic E-state index is 5.88. The molecule has 0 aliphatic rings. The smallest absolute Gasteiger partial charge is 0.239 e. The number of anilines is 1. The average molecular weight is 377 g/mol. The van der Waals surface area contributed by atoms with Crippen LogP contribution in [0.15, 0.2) is 36.4 Å². The predicted octanol–water partition coefficient (Wildman–Crippen LogP) is 3.06. The van der Waals surface area contributed by atoms with Gasteiger partial charge in [0.15, 0.2) is 11.5 Å². The van der Waals surface area contributed by atoms with Crippen LogP contribution in [0, 0.1) is 0 Å². The first-order valence-electron chi connectivity index (χ1n) is 8.53. The Morgan fingerprint density at radius 2 is 1.61 bits per heavy atom. The molecule has 0 fully saturated rings. The van der Waals surface area contributed by atoms with Gasteiger partial charge < -0.3 is 19.9 Å². The Morgan fingerprint density at radius 1 is 0.893 bits per heavy atom. The molecule has 8 heteroatoms. The van der Waals surface area contributed by atoms with Gasteiger partial charge in [0.05, 0.1) is 32.4 Å². The van der Waals surface area contributed by atoms with Gasteiger partial charge >= 0.3 is 0 Å². The summed E-state index contributed by atoms with van der Waals surface area (Å²) >= 11 is 0. The fraction of sp³-hybridized carbons (Fsp3) is 0.150. The number of hydrogen-bond acceptors (Lipinski definition) is 7. The molecular weight excluding hydrogens is 358 g/mol. The highest BCUT2D eigenvalue weighted by atomic mass is 16.5. The summed E-state index contributed by atoms with van der Waals surface area (Å²) in [4.78, 5) is 13.1. The third-order valence-electron chi connectivity index (χ3n) is 4.33. The molecule has 0 aliphatic heterocycles. The van der Waals surface area contributed by atoms with Crippen LogP contribution >= 0.6 is 0 Å². The summed E-state index contributed by atoms with van der Waals surface area (Å²) < 4.78 is 18.0. The molecule has 2 aromatic carbocycles. The standard InChI is InChI=1S/C20H19N5O3/c1-26-15-10-12(11-16(27-2)18(15)28-3)8-9-17-23-19(21)24-20-22-13-6-4-5-7-14(13)25(17)20/h4-11H,1-3H3,(H2,21,22,24)/b9-8+. The van der Waals surface area contributed by atoms with Gasteiger partial charge in [-0.2, -0.15) is 9.97 Å². The normalized spacial score (nSPS) is 11.4. The summed E-state index contributed by atoms with van der Waals surface area (Å²) in [6.45, 7) is 0. The van der Waals surface area contributed by atoms with Crippen molar-refractivity contribution in [3.05, 3.63) is 47.8 Å². The quantitative estimate of drug-likeness (QED) is 0.571. The number of para-hydroxylation sites is 2. The molecule has 0 atom stereocenters. The van der Waals surface area contributed by atoms with Gasteiger partial charge in [-0.15, -0.1) is 0 Å². The molecule has 142 valence electrons. The Labute approximate surface area is 161 Å². The number of methoxy groups -OCH3 is 3. The highest BCUT2D eigenvalue weighted by Crippen LogP contribution is 2.38. The Morgan fingerprint density at radius 3 is 2.29 bits per heavy atom. The van der Waals surface area contributed by atoms with E-state index in [-0.39, 0.29) is 5.95 Å². The number of aromatic nitrogens is 4. The fourth-order valence-corrected chi connectivity index (χ4v) is 3.09. The van der Waals surface area contributed by atoms with Crippen molar-refractivity contribution >= 4 is 34.9 Å². The van der Waals surface area contributed by atoms with Crippen molar-refractivity contribution in [1.29, 1.82) is 0 Å². The topological polar surface area (TPSA) is 96.8 Å². The van der Waals surface area contributed by atoms with Crippen LogP contribution in [0.25, 0.3) is 29.0 Å². The first-order chi connectivity index (χ1) is 13.6. The van der Waals surface area contributed by atoms with E-state index in [9.17, 15) is 0 Å². The first kappa shape index (κ1) is 17.6. The van der Waals surface area contributed by atoms with Crippen molar-refractivity contribution in [2.24, 2.45) is 0 Å². The number of benzene rings is 2. The van der Waals surface area contributed by atoms with Crippen LogP contribution in [-0.2, 0) is 0 Å². The minimum atomic E-state index is 0.160. The van der Waals surface area contributed by atoms with Crippen LogP contribution in [0.5, 0.6) is 17.2 Å². The molecular formula is C20H19N5O3. The van der Waals surface area contributed by atoms with Crippen molar-refractivity contribution in [2.45, 2.75) is 0 Å². The summed E-state index contributed by atoms with van der Waals surface area (Å²) in [6, 6.07) is 11.5. The molecule has 0 saturated carbocycles. The molecule has 2 heterocycles. The van der Waals surface area contributed by atoms with E-state index in [1.54, 1.807) is 21.3 Å². The van der Waals surface area contributed by atoms with Gasteiger partial charge in [-0.25, -0.2) is 4.98 Å². The van der Waals surface area contributed by atoms with Gasteiger partial charge in [-0.05, 0) is 35.9 Å². The minimum absolute atomic E-state index is 0.160. The summed E-state index contributed by atoms with van der Waals surface area (Å²) in [6.07, 6.45) is 3.74. The minimum Gasteiger partial charge on any atom is -0.493 e. The Hall–Kier alpha value is -3.81. The number of nitrogen functional groups attached to an aromatic ring is 1. The second kappa shape index (κ2) is 7.07. The predicted molar refractivity (Wildman–Crippen MR) is 108 cm³/mol. The van der Waals surface area contributed by atoms with E-state index in [2.05, 4.69) is 15.0 Å². The van der Waals surface area contributed by atoms with E-state index >= 15 is 0 Å². The number of imidazole rings is 1.